The monoisotopic (exact) mass is 315 g/mol. The van der Waals surface area contributed by atoms with Crippen molar-refractivity contribution in [3.8, 4) is 0 Å². The Kier molecular flexibility index (Phi) is 4.43. The van der Waals surface area contributed by atoms with Crippen LogP contribution in [0.2, 0.25) is 0 Å². The lowest BCUT2D eigenvalue weighted by Gasteiger charge is -2.44. The third-order valence-corrected chi connectivity index (χ3v) is 5.52. The standard InChI is InChI=1S/C18H21NO2S/c1-3-12-16(4-2)22-17-11-6-5-8-13(17)19(12)14-9-7-10-15(20)18(14)21/h3-6,8,11,14-15,18,20-21H,1-2,7,9-10H2/t14-,15-,18+/m0/s1. The van der Waals surface area contributed by atoms with Gasteiger partial charge in [-0.1, -0.05) is 43.1 Å². The maximum Gasteiger partial charge on any atom is 0.101 e. The maximum absolute atomic E-state index is 10.5. The van der Waals surface area contributed by atoms with Crippen LogP contribution in [0, 0.1) is 0 Å². The molecule has 1 aliphatic heterocycles. The Balaban J connectivity index is 2.11. The summed E-state index contributed by atoms with van der Waals surface area (Å²) in [5.74, 6) is 0. The molecule has 1 aromatic carbocycles. The molecular formula is C18H21NO2S. The molecule has 1 aromatic rings. The first-order valence-electron chi connectivity index (χ1n) is 7.58. The fourth-order valence-corrected chi connectivity index (χ4v) is 4.30. The Morgan fingerprint density at radius 2 is 1.91 bits per heavy atom. The molecule has 1 saturated carbocycles. The summed E-state index contributed by atoms with van der Waals surface area (Å²) in [6, 6.07) is 7.99. The number of aliphatic hydroxyl groups excluding tert-OH is 2. The van der Waals surface area contributed by atoms with Gasteiger partial charge in [-0.05, 0) is 37.5 Å². The minimum absolute atomic E-state index is 0.145. The molecule has 3 atom stereocenters. The molecule has 0 amide bonds. The zero-order valence-corrected chi connectivity index (χ0v) is 13.3. The highest BCUT2D eigenvalue weighted by atomic mass is 32.2. The van der Waals surface area contributed by atoms with E-state index in [9.17, 15) is 10.2 Å². The molecule has 3 rings (SSSR count). The third kappa shape index (κ3) is 2.51. The fraction of sp³-hybridized carbons (Fsp3) is 0.333. The van der Waals surface area contributed by atoms with Gasteiger partial charge in [-0.25, -0.2) is 0 Å². The molecular weight excluding hydrogens is 294 g/mol. The lowest BCUT2D eigenvalue weighted by atomic mass is 9.88. The summed E-state index contributed by atoms with van der Waals surface area (Å²) in [5, 5.41) is 20.6. The van der Waals surface area contributed by atoms with Gasteiger partial charge in [-0.2, -0.15) is 0 Å². The summed E-state index contributed by atoms with van der Waals surface area (Å²) in [7, 11) is 0. The van der Waals surface area contributed by atoms with Crippen molar-refractivity contribution in [3.63, 3.8) is 0 Å². The predicted octanol–water partition coefficient (Wildman–Crippen LogP) is 3.46. The second-order valence-corrected chi connectivity index (χ2v) is 6.74. The van der Waals surface area contributed by atoms with Crippen molar-refractivity contribution in [3.05, 3.63) is 60.2 Å². The normalized spacial score (nSPS) is 28.3. The zero-order valence-electron chi connectivity index (χ0n) is 12.5. The Morgan fingerprint density at radius 3 is 2.64 bits per heavy atom. The molecule has 1 fully saturated rings. The van der Waals surface area contributed by atoms with E-state index >= 15 is 0 Å². The Labute approximate surface area is 135 Å². The van der Waals surface area contributed by atoms with E-state index in [-0.39, 0.29) is 6.04 Å². The van der Waals surface area contributed by atoms with Crippen LogP contribution < -0.4 is 4.90 Å². The van der Waals surface area contributed by atoms with Crippen molar-refractivity contribution in [1.29, 1.82) is 0 Å². The minimum Gasteiger partial charge on any atom is -0.390 e. The SMILES string of the molecule is C=CC1=C(C=C)N([C@H]2CCC[C@H](O)[C@@H]2O)c2ccccc2S1. The maximum atomic E-state index is 10.5. The summed E-state index contributed by atoms with van der Waals surface area (Å²) in [6.45, 7) is 7.84. The Hall–Kier alpha value is -1.49. The highest BCUT2D eigenvalue weighted by Gasteiger charge is 2.38. The second-order valence-electron chi connectivity index (χ2n) is 5.65. The van der Waals surface area contributed by atoms with Gasteiger partial charge < -0.3 is 15.1 Å². The number of anilines is 1. The van der Waals surface area contributed by atoms with E-state index in [1.807, 2.05) is 24.3 Å². The molecule has 0 saturated heterocycles. The minimum atomic E-state index is -0.758. The topological polar surface area (TPSA) is 43.7 Å². The number of hydrogen-bond donors (Lipinski definition) is 2. The average Bonchev–Trinajstić information content (AvgIpc) is 2.55. The zero-order chi connectivity index (χ0) is 15.7. The number of hydrogen-bond acceptors (Lipinski definition) is 4. The van der Waals surface area contributed by atoms with Crippen LogP contribution in [0.4, 0.5) is 5.69 Å². The van der Waals surface area contributed by atoms with E-state index in [4.69, 9.17) is 0 Å². The molecule has 4 heteroatoms. The molecule has 2 N–H and O–H groups in total. The van der Waals surface area contributed by atoms with Crippen LogP contribution in [-0.4, -0.2) is 28.5 Å². The molecule has 0 aromatic heterocycles. The van der Waals surface area contributed by atoms with Crippen LogP contribution in [0.5, 0.6) is 0 Å². The van der Waals surface area contributed by atoms with Gasteiger partial charge in [0.15, 0.2) is 0 Å². The van der Waals surface area contributed by atoms with Gasteiger partial charge in [-0.15, -0.1) is 0 Å². The largest absolute Gasteiger partial charge is 0.390 e. The number of allylic oxidation sites excluding steroid dienone is 2. The first-order chi connectivity index (χ1) is 10.7. The van der Waals surface area contributed by atoms with Gasteiger partial charge in [0.1, 0.15) is 6.10 Å². The van der Waals surface area contributed by atoms with E-state index in [0.717, 1.165) is 34.0 Å². The molecule has 0 spiro atoms. The molecule has 0 unspecified atom stereocenters. The van der Waals surface area contributed by atoms with Crippen LogP contribution in [-0.2, 0) is 0 Å². The molecule has 1 heterocycles. The highest BCUT2D eigenvalue weighted by molar-refractivity contribution is 8.03. The molecule has 116 valence electrons. The van der Waals surface area contributed by atoms with Gasteiger partial charge in [0.05, 0.1) is 23.5 Å². The van der Waals surface area contributed by atoms with Crippen LogP contribution in [0.1, 0.15) is 19.3 Å². The van der Waals surface area contributed by atoms with Gasteiger partial charge in [-0.3, -0.25) is 0 Å². The molecule has 3 nitrogen and oxygen atoms in total. The molecule has 0 radical (unpaired) electrons. The van der Waals surface area contributed by atoms with Gasteiger partial charge in [0, 0.05) is 9.80 Å². The second kappa shape index (κ2) is 6.32. The Bertz CT molecular complexity index is 625. The number of nitrogens with zero attached hydrogens (tertiary/aromatic N) is 1. The number of benzene rings is 1. The van der Waals surface area contributed by atoms with Crippen molar-refractivity contribution in [2.75, 3.05) is 4.90 Å². The summed E-state index contributed by atoms with van der Waals surface area (Å²) in [6.07, 6.45) is 4.62. The first kappa shape index (κ1) is 15.4. The van der Waals surface area contributed by atoms with Crippen LogP contribution in [0.25, 0.3) is 0 Å². The lowest BCUT2D eigenvalue weighted by Crippen LogP contribution is -2.51. The molecule has 2 aliphatic rings. The van der Waals surface area contributed by atoms with Crippen molar-refractivity contribution in [1.82, 2.24) is 0 Å². The van der Waals surface area contributed by atoms with Crippen molar-refractivity contribution < 1.29 is 10.2 Å². The van der Waals surface area contributed by atoms with Crippen molar-refractivity contribution in [2.24, 2.45) is 0 Å². The number of para-hydroxylation sites is 1. The highest BCUT2D eigenvalue weighted by Crippen LogP contribution is 2.46. The molecule has 0 bridgehead atoms. The summed E-state index contributed by atoms with van der Waals surface area (Å²) in [5.41, 5.74) is 2.02. The molecule has 1 aliphatic carbocycles. The lowest BCUT2D eigenvalue weighted by molar-refractivity contribution is -0.0211. The van der Waals surface area contributed by atoms with Crippen LogP contribution >= 0.6 is 11.8 Å². The van der Waals surface area contributed by atoms with E-state index in [2.05, 4.69) is 30.2 Å². The number of aliphatic hydroxyl groups is 2. The van der Waals surface area contributed by atoms with Crippen molar-refractivity contribution >= 4 is 17.4 Å². The molecule has 22 heavy (non-hydrogen) atoms. The summed E-state index contributed by atoms with van der Waals surface area (Å²) in [4.78, 5) is 4.29. The van der Waals surface area contributed by atoms with E-state index < -0.39 is 12.2 Å². The average molecular weight is 315 g/mol. The quantitative estimate of drug-likeness (QED) is 0.896. The van der Waals surface area contributed by atoms with Crippen LogP contribution in [0.15, 0.2) is 65.1 Å². The van der Waals surface area contributed by atoms with Crippen LogP contribution in [0.3, 0.4) is 0 Å². The fourth-order valence-electron chi connectivity index (χ4n) is 3.28. The number of fused-ring (bicyclic) bond motifs is 1. The summed E-state index contributed by atoms with van der Waals surface area (Å²) < 4.78 is 0. The number of rotatable bonds is 3. The predicted molar refractivity (Wildman–Crippen MR) is 91.9 cm³/mol. The van der Waals surface area contributed by atoms with E-state index in [1.165, 1.54) is 0 Å². The summed E-state index contributed by atoms with van der Waals surface area (Å²) >= 11 is 1.66. The van der Waals surface area contributed by atoms with Crippen molar-refractivity contribution in [2.45, 2.75) is 42.4 Å². The number of thioether (sulfide) groups is 1. The smallest absolute Gasteiger partial charge is 0.101 e. The third-order valence-electron chi connectivity index (χ3n) is 4.36. The first-order valence-corrected chi connectivity index (χ1v) is 8.40. The van der Waals surface area contributed by atoms with E-state index in [1.54, 1.807) is 11.8 Å². The Morgan fingerprint density at radius 1 is 1.14 bits per heavy atom. The van der Waals surface area contributed by atoms with E-state index in [0.29, 0.717) is 6.42 Å². The van der Waals surface area contributed by atoms with Gasteiger partial charge in [0.2, 0.25) is 0 Å². The van der Waals surface area contributed by atoms with Gasteiger partial charge in [0.25, 0.3) is 0 Å². The van der Waals surface area contributed by atoms with Gasteiger partial charge >= 0.3 is 0 Å².